The molecule has 0 spiro atoms. The van der Waals surface area contributed by atoms with Crippen molar-refractivity contribution in [2.45, 2.75) is 39.4 Å². The Kier molecular flexibility index (Phi) is 5.64. The summed E-state index contributed by atoms with van der Waals surface area (Å²) in [6.07, 6.45) is 5.50. The fourth-order valence-corrected chi connectivity index (χ4v) is 5.01. The van der Waals surface area contributed by atoms with Crippen molar-refractivity contribution < 1.29 is 0 Å². The van der Waals surface area contributed by atoms with E-state index in [-0.39, 0.29) is 12.1 Å². The Labute approximate surface area is 199 Å². The number of aromatic nitrogens is 4. The number of hydrogen-bond acceptors (Lipinski definition) is 4. The number of nitrogens with one attached hydrogen (secondary N) is 1. The molecule has 0 saturated carbocycles. The monoisotopic (exact) mass is 454 g/mol. The van der Waals surface area contributed by atoms with Crippen LogP contribution in [0.2, 0.25) is 0 Å². The van der Waals surface area contributed by atoms with Crippen molar-refractivity contribution in [3.8, 4) is 5.82 Å². The highest BCUT2D eigenvalue weighted by molar-refractivity contribution is 7.80. The standard InChI is InChI=1S/C26H26N6S/c1-17-9-8-14-29-25(17)32-18(2)15-21(19(32)3)24-23(22-11-5-7-13-28-22)30-26(33)31(24)16-20-10-4-6-12-27-20/h4-15,23-24H,16H2,1-3H3,(H,30,33)/t23-,24+/m0/s1. The highest BCUT2D eigenvalue weighted by Crippen LogP contribution is 2.42. The van der Waals surface area contributed by atoms with Crippen molar-refractivity contribution in [3.63, 3.8) is 0 Å². The van der Waals surface area contributed by atoms with Crippen LogP contribution in [-0.4, -0.2) is 29.5 Å². The minimum atomic E-state index is -0.0683. The van der Waals surface area contributed by atoms with E-state index in [2.05, 4.69) is 68.7 Å². The minimum Gasteiger partial charge on any atom is -0.352 e. The van der Waals surface area contributed by atoms with Gasteiger partial charge in [0.1, 0.15) is 5.82 Å². The van der Waals surface area contributed by atoms with Gasteiger partial charge in [-0.3, -0.25) is 9.97 Å². The number of nitrogens with zero attached hydrogens (tertiary/aromatic N) is 5. The van der Waals surface area contributed by atoms with E-state index >= 15 is 0 Å². The Morgan fingerprint density at radius 3 is 2.36 bits per heavy atom. The van der Waals surface area contributed by atoms with Crippen molar-refractivity contribution in [1.82, 2.24) is 29.7 Å². The fourth-order valence-electron chi connectivity index (χ4n) is 4.70. The van der Waals surface area contributed by atoms with E-state index in [1.54, 1.807) is 0 Å². The minimum absolute atomic E-state index is 0.0293. The third-order valence-corrected chi connectivity index (χ3v) is 6.59. The van der Waals surface area contributed by atoms with Gasteiger partial charge in [0.2, 0.25) is 0 Å². The number of hydrogen-bond donors (Lipinski definition) is 1. The highest BCUT2D eigenvalue weighted by atomic mass is 32.1. The molecular weight excluding hydrogens is 428 g/mol. The molecule has 1 N–H and O–H groups in total. The van der Waals surface area contributed by atoms with E-state index in [4.69, 9.17) is 12.2 Å². The van der Waals surface area contributed by atoms with Crippen LogP contribution in [0.25, 0.3) is 5.82 Å². The summed E-state index contributed by atoms with van der Waals surface area (Å²) in [5, 5.41) is 4.25. The quantitative estimate of drug-likeness (QED) is 0.439. The van der Waals surface area contributed by atoms with Crippen LogP contribution >= 0.6 is 12.2 Å². The number of pyridine rings is 3. The third kappa shape index (κ3) is 3.89. The van der Waals surface area contributed by atoms with Gasteiger partial charge in [-0.25, -0.2) is 4.98 Å². The zero-order valence-electron chi connectivity index (χ0n) is 18.9. The maximum absolute atomic E-state index is 5.83. The van der Waals surface area contributed by atoms with Crippen LogP contribution in [0.3, 0.4) is 0 Å². The van der Waals surface area contributed by atoms with Gasteiger partial charge in [0.05, 0.1) is 30.0 Å². The molecule has 5 rings (SSSR count). The summed E-state index contributed by atoms with van der Waals surface area (Å²) in [6, 6.07) is 18.2. The molecule has 1 aliphatic heterocycles. The van der Waals surface area contributed by atoms with Gasteiger partial charge in [-0.05, 0) is 80.5 Å². The van der Waals surface area contributed by atoms with Gasteiger partial charge < -0.3 is 14.8 Å². The molecule has 7 heteroatoms. The van der Waals surface area contributed by atoms with E-state index in [0.717, 1.165) is 34.2 Å². The highest BCUT2D eigenvalue weighted by Gasteiger charge is 2.41. The normalized spacial score (nSPS) is 17.9. The third-order valence-electron chi connectivity index (χ3n) is 6.24. The molecule has 0 aliphatic carbocycles. The van der Waals surface area contributed by atoms with E-state index < -0.39 is 0 Å². The molecule has 0 bridgehead atoms. The maximum atomic E-state index is 5.83. The van der Waals surface area contributed by atoms with Crippen molar-refractivity contribution >= 4 is 17.3 Å². The summed E-state index contributed by atoms with van der Waals surface area (Å²) in [5.41, 5.74) is 6.57. The van der Waals surface area contributed by atoms with Crippen molar-refractivity contribution in [2.24, 2.45) is 0 Å². The van der Waals surface area contributed by atoms with Crippen LogP contribution in [-0.2, 0) is 6.54 Å². The first-order valence-corrected chi connectivity index (χ1v) is 11.4. The van der Waals surface area contributed by atoms with Crippen molar-refractivity contribution in [2.75, 3.05) is 0 Å². The lowest BCUT2D eigenvalue weighted by molar-refractivity contribution is 0.307. The largest absolute Gasteiger partial charge is 0.352 e. The average molecular weight is 455 g/mol. The van der Waals surface area contributed by atoms with Crippen LogP contribution in [0.4, 0.5) is 0 Å². The molecule has 0 unspecified atom stereocenters. The van der Waals surface area contributed by atoms with E-state index in [1.165, 1.54) is 5.56 Å². The molecule has 0 amide bonds. The Bertz CT molecular complexity index is 1280. The summed E-state index contributed by atoms with van der Waals surface area (Å²) < 4.78 is 2.24. The fraction of sp³-hybridized carbons (Fsp3) is 0.231. The van der Waals surface area contributed by atoms with Crippen LogP contribution in [0, 0.1) is 20.8 Å². The summed E-state index contributed by atoms with van der Waals surface area (Å²) in [6.45, 7) is 7.00. The van der Waals surface area contributed by atoms with Gasteiger partial charge in [-0.2, -0.15) is 0 Å². The summed E-state index contributed by atoms with van der Waals surface area (Å²) >= 11 is 5.83. The molecular formula is C26H26N6S. The average Bonchev–Trinajstić information content (AvgIpc) is 3.30. The second kappa shape index (κ2) is 8.75. The van der Waals surface area contributed by atoms with Crippen LogP contribution in [0.15, 0.2) is 73.2 Å². The second-order valence-corrected chi connectivity index (χ2v) is 8.77. The zero-order chi connectivity index (χ0) is 22.9. The summed E-state index contributed by atoms with van der Waals surface area (Å²) in [7, 11) is 0. The Balaban J connectivity index is 1.63. The molecule has 4 aromatic rings. The number of rotatable bonds is 5. The smallest absolute Gasteiger partial charge is 0.170 e. The number of aryl methyl sites for hydroxylation is 2. The lowest BCUT2D eigenvalue weighted by atomic mass is 9.96. The van der Waals surface area contributed by atoms with Gasteiger partial charge in [-0.1, -0.05) is 18.2 Å². The molecule has 1 fully saturated rings. The lowest BCUT2D eigenvalue weighted by Gasteiger charge is -2.28. The molecule has 1 aliphatic rings. The lowest BCUT2D eigenvalue weighted by Crippen LogP contribution is -2.29. The van der Waals surface area contributed by atoms with E-state index in [1.807, 2.05) is 55.0 Å². The topological polar surface area (TPSA) is 58.9 Å². The van der Waals surface area contributed by atoms with Crippen LogP contribution < -0.4 is 5.32 Å². The van der Waals surface area contributed by atoms with Crippen molar-refractivity contribution in [3.05, 3.63) is 107 Å². The first-order valence-electron chi connectivity index (χ1n) is 11.0. The molecule has 6 nitrogen and oxygen atoms in total. The first-order chi connectivity index (χ1) is 16.0. The van der Waals surface area contributed by atoms with Crippen LogP contribution in [0.5, 0.6) is 0 Å². The predicted octanol–water partition coefficient (Wildman–Crippen LogP) is 4.76. The molecule has 0 radical (unpaired) electrons. The molecule has 33 heavy (non-hydrogen) atoms. The molecule has 4 aromatic heterocycles. The molecule has 1 saturated heterocycles. The van der Waals surface area contributed by atoms with E-state index in [9.17, 15) is 0 Å². The summed E-state index contributed by atoms with van der Waals surface area (Å²) in [5.74, 6) is 0.956. The van der Waals surface area contributed by atoms with Gasteiger partial charge in [0, 0.05) is 30.0 Å². The van der Waals surface area contributed by atoms with Gasteiger partial charge in [-0.15, -0.1) is 0 Å². The predicted molar refractivity (Wildman–Crippen MR) is 133 cm³/mol. The molecule has 2 atom stereocenters. The molecule has 166 valence electrons. The maximum Gasteiger partial charge on any atom is 0.170 e. The van der Waals surface area contributed by atoms with Crippen molar-refractivity contribution in [1.29, 1.82) is 0 Å². The Morgan fingerprint density at radius 2 is 1.67 bits per heavy atom. The second-order valence-electron chi connectivity index (χ2n) is 8.38. The van der Waals surface area contributed by atoms with Gasteiger partial charge in [0.15, 0.2) is 5.11 Å². The summed E-state index contributed by atoms with van der Waals surface area (Å²) in [4.78, 5) is 16.1. The Hall–Kier alpha value is -3.58. The van der Waals surface area contributed by atoms with Gasteiger partial charge in [0.25, 0.3) is 0 Å². The Morgan fingerprint density at radius 1 is 0.909 bits per heavy atom. The number of thiocarbonyl (C=S) groups is 1. The van der Waals surface area contributed by atoms with E-state index in [0.29, 0.717) is 11.7 Å². The zero-order valence-corrected chi connectivity index (χ0v) is 19.8. The molecule has 0 aromatic carbocycles. The molecule has 5 heterocycles. The SMILES string of the molecule is Cc1cccnc1-n1c(C)cc([C@@H]2[C@H](c3ccccn3)NC(=S)N2Cc2ccccn2)c1C. The van der Waals surface area contributed by atoms with Gasteiger partial charge >= 0.3 is 0 Å². The van der Waals surface area contributed by atoms with Crippen LogP contribution in [0.1, 0.15) is 46.0 Å². The first kappa shape index (κ1) is 21.3.